The highest BCUT2D eigenvalue weighted by Crippen LogP contribution is 2.21. The highest BCUT2D eigenvalue weighted by atomic mass is 79.9. The molecule has 6 heteroatoms. The Hall–Kier alpha value is -1.37. The number of carbonyl (C=O) groups is 1. The molecule has 4 nitrogen and oxygen atoms in total. The summed E-state index contributed by atoms with van der Waals surface area (Å²) in [6.07, 6.45) is 0. The van der Waals surface area contributed by atoms with Crippen LogP contribution in [0.2, 0.25) is 0 Å². The summed E-state index contributed by atoms with van der Waals surface area (Å²) in [6, 6.07) is 7.58. The van der Waals surface area contributed by atoms with Gasteiger partial charge in [-0.05, 0) is 64.6 Å². The van der Waals surface area contributed by atoms with Crippen molar-refractivity contribution < 1.29 is 4.79 Å². The molecule has 1 aromatic heterocycles. The fourth-order valence-corrected chi connectivity index (χ4v) is 3.21. The van der Waals surface area contributed by atoms with Crippen LogP contribution in [0.15, 0.2) is 33.4 Å². The van der Waals surface area contributed by atoms with Gasteiger partial charge in [-0.2, -0.15) is 0 Å². The van der Waals surface area contributed by atoms with E-state index in [1.54, 1.807) is 17.4 Å². The van der Waals surface area contributed by atoms with Crippen LogP contribution in [-0.2, 0) is 11.3 Å². The van der Waals surface area contributed by atoms with Crippen molar-refractivity contribution in [2.75, 3.05) is 24.6 Å². The molecule has 0 saturated heterocycles. The fourth-order valence-electron chi connectivity index (χ4n) is 2.01. The Morgan fingerprint density at radius 2 is 2.19 bits per heavy atom. The predicted molar refractivity (Wildman–Crippen MR) is 92.6 cm³/mol. The van der Waals surface area contributed by atoms with Crippen molar-refractivity contribution in [1.82, 2.24) is 4.90 Å². The van der Waals surface area contributed by atoms with E-state index in [0.717, 1.165) is 21.6 Å². The molecule has 1 heterocycles. The Morgan fingerprint density at radius 1 is 1.43 bits per heavy atom. The summed E-state index contributed by atoms with van der Waals surface area (Å²) in [6.45, 7) is 3.02. The number of hydrogen-bond acceptors (Lipinski definition) is 4. The van der Waals surface area contributed by atoms with E-state index in [1.165, 1.54) is 5.56 Å². The maximum atomic E-state index is 12.1. The van der Waals surface area contributed by atoms with E-state index in [9.17, 15) is 4.79 Å². The van der Waals surface area contributed by atoms with Gasteiger partial charge in [0.2, 0.25) is 5.91 Å². The molecule has 0 saturated carbocycles. The summed E-state index contributed by atoms with van der Waals surface area (Å²) < 4.78 is 1.10. The van der Waals surface area contributed by atoms with E-state index in [2.05, 4.69) is 32.7 Å². The van der Waals surface area contributed by atoms with E-state index < -0.39 is 0 Å². The van der Waals surface area contributed by atoms with Crippen LogP contribution in [0.4, 0.5) is 11.4 Å². The lowest BCUT2D eigenvalue weighted by atomic mass is 10.2. The lowest BCUT2D eigenvalue weighted by molar-refractivity contribution is -0.117. The number of rotatable bonds is 5. The molecule has 0 aliphatic heterocycles. The highest BCUT2D eigenvalue weighted by molar-refractivity contribution is 9.11. The summed E-state index contributed by atoms with van der Waals surface area (Å²) >= 11 is 5.09. The number of amides is 1. The molecule has 2 rings (SSSR count). The zero-order valence-corrected chi connectivity index (χ0v) is 14.4. The van der Waals surface area contributed by atoms with Gasteiger partial charge in [0.25, 0.3) is 0 Å². The molecule has 112 valence electrons. The van der Waals surface area contributed by atoms with Crippen molar-refractivity contribution in [3.8, 4) is 0 Å². The van der Waals surface area contributed by atoms with E-state index in [0.29, 0.717) is 12.2 Å². The predicted octanol–water partition coefficient (Wildman–Crippen LogP) is 3.47. The molecule has 0 spiro atoms. The number of anilines is 2. The minimum atomic E-state index is -0.0412. The number of carbonyl (C=O) groups excluding carboxylic acids is 1. The van der Waals surface area contributed by atoms with Crippen molar-refractivity contribution >= 4 is 44.5 Å². The van der Waals surface area contributed by atoms with Crippen LogP contribution in [0.5, 0.6) is 0 Å². The SMILES string of the molecule is Cc1ccc(N)cc1NC(=O)CN(C)Cc1csc(Br)c1. The molecular formula is C15H18BrN3OS. The normalized spacial score (nSPS) is 10.9. The molecule has 0 bridgehead atoms. The zero-order valence-electron chi connectivity index (χ0n) is 12.0. The van der Waals surface area contributed by atoms with Crippen molar-refractivity contribution in [3.05, 3.63) is 44.6 Å². The second kappa shape index (κ2) is 7.06. The Bertz CT molecular complexity index is 642. The first kappa shape index (κ1) is 16.0. The van der Waals surface area contributed by atoms with Gasteiger partial charge in [-0.1, -0.05) is 6.07 Å². The molecule has 3 N–H and O–H groups in total. The minimum Gasteiger partial charge on any atom is -0.399 e. The summed E-state index contributed by atoms with van der Waals surface area (Å²) in [5.41, 5.74) is 9.36. The van der Waals surface area contributed by atoms with Gasteiger partial charge in [-0.25, -0.2) is 0 Å². The molecule has 0 unspecified atom stereocenters. The Balaban J connectivity index is 1.90. The molecular weight excluding hydrogens is 350 g/mol. The highest BCUT2D eigenvalue weighted by Gasteiger charge is 2.10. The minimum absolute atomic E-state index is 0.0412. The van der Waals surface area contributed by atoms with E-state index >= 15 is 0 Å². The number of likely N-dealkylation sites (N-methyl/N-ethyl adjacent to an activating group) is 1. The van der Waals surface area contributed by atoms with Crippen LogP contribution < -0.4 is 11.1 Å². The standard InChI is InChI=1S/C15H18BrN3OS/c1-10-3-4-12(17)6-13(10)18-15(20)8-19(2)7-11-5-14(16)21-9-11/h3-6,9H,7-8,17H2,1-2H3,(H,18,20). The van der Waals surface area contributed by atoms with Crippen LogP contribution in [0.3, 0.4) is 0 Å². The third-order valence-electron chi connectivity index (χ3n) is 3.02. The fraction of sp³-hybridized carbons (Fsp3) is 0.267. The van der Waals surface area contributed by atoms with Gasteiger partial charge in [0.15, 0.2) is 0 Å². The van der Waals surface area contributed by atoms with Gasteiger partial charge >= 0.3 is 0 Å². The Labute approximate surface area is 137 Å². The first-order valence-electron chi connectivity index (χ1n) is 6.51. The second-order valence-electron chi connectivity index (χ2n) is 5.05. The molecule has 0 atom stereocenters. The van der Waals surface area contributed by atoms with Crippen LogP contribution in [0.1, 0.15) is 11.1 Å². The van der Waals surface area contributed by atoms with Crippen molar-refractivity contribution in [1.29, 1.82) is 0 Å². The zero-order chi connectivity index (χ0) is 15.4. The molecule has 0 aliphatic carbocycles. The Kier molecular flexibility index (Phi) is 5.39. The number of hydrogen-bond donors (Lipinski definition) is 2. The van der Waals surface area contributed by atoms with Gasteiger partial charge in [0.1, 0.15) is 0 Å². The monoisotopic (exact) mass is 367 g/mol. The number of thiophene rings is 1. The quantitative estimate of drug-likeness (QED) is 0.795. The lowest BCUT2D eigenvalue weighted by Gasteiger charge is -2.16. The first-order chi connectivity index (χ1) is 9.94. The van der Waals surface area contributed by atoms with Gasteiger partial charge in [0, 0.05) is 17.9 Å². The number of nitrogen functional groups attached to an aromatic ring is 1. The maximum Gasteiger partial charge on any atom is 0.238 e. The summed E-state index contributed by atoms with van der Waals surface area (Å²) in [7, 11) is 1.93. The van der Waals surface area contributed by atoms with Crippen LogP contribution >= 0.6 is 27.3 Å². The van der Waals surface area contributed by atoms with Crippen LogP contribution in [0.25, 0.3) is 0 Å². The van der Waals surface area contributed by atoms with Crippen molar-refractivity contribution in [2.24, 2.45) is 0 Å². The van der Waals surface area contributed by atoms with Gasteiger partial charge < -0.3 is 11.1 Å². The molecule has 0 fully saturated rings. The molecule has 2 aromatic rings. The van der Waals surface area contributed by atoms with Crippen molar-refractivity contribution in [3.63, 3.8) is 0 Å². The van der Waals surface area contributed by atoms with Crippen molar-refractivity contribution in [2.45, 2.75) is 13.5 Å². The molecule has 1 aromatic carbocycles. The number of halogens is 1. The largest absolute Gasteiger partial charge is 0.399 e. The third kappa shape index (κ3) is 4.84. The van der Waals surface area contributed by atoms with Gasteiger partial charge in [-0.15, -0.1) is 11.3 Å². The molecule has 21 heavy (non-hydrogen) atoms. The average molecular weight is 368 g/mol. The topological polar surface area (TPSA) is 58.4 Å². The lowest BCUT2D eigenvalue weighted by Crippen LogP contribution is -2.29. The second-order valence-corrected chi connectivity index (χ2v) is 7.34. The molecule has 0 radical (unpaired) electrons. The number of nitrogens with zero attached hydrogens (tertiary/aromatic N) is 1. The van der Waals surface area contributed by atoms with E-state index in [4.69, 9.17) is 5.73 Å². The van der Waals surface area contributed by atoms with Gasteiger partial charge in [0.05, 0.1) is 10.3 Å². The summed E-state index contributed by atoms with van der Waals surface area (Å²) in [5, 5.41) is 4.99. The first-order valence-corrected chi connectivity index (χ1v) is 8.19. The van der Waals surface area contributed by atoms with Crippen LogP contribution in [0, 0.1) is 6.92 Å². The molecule has 0 aliphatic rings. The number of benzene rings is 1. The average Bonchev–Trinajstić information content (AvgIpc) is 2.79. The molecule has 1 amide bonds. The maximum absolute atomic E-state index is 12.1. The Morgan fingerprint density at radius 3 is 2.86 bits per heavy atom. The number of nitrogens with two attached hydrogens (primary N) is 1. The third-order valence-corrected chi connectivity index (χ3v) is 4.58. The van der Waals surface area contributed by atoms with E-state index in [-0.39, 0.29) is 5.91 Å². The number of aryl methyl sites for hydroxylation is 1. The van der Waals surface area contributed by atoms with Crippen LogP contribution in [-0.4, -0.2) is 24.4 Å². The van der Waals surface area contributed by atoms with Gasteiger partial charge in [-0.3, -0.25) is 9.69 Å². The number of nitrogens with one attached hydrogen (secondary N) is 1. The summed E-state index contributed by atoms with van der Waals surface area (Å²) in [5.74, 6) is -0.0412. The van der Waals surface area contributed by atoms with E-state index in [1.807, 2.05) is 31.0 Å². The smallest absolute Gasteiger partial charge is 0.238 e. The summed E-state index contributed by atoms with van der Waals surface area (Å²) in [4.78, 5) is 14.1.